The summed E-state index contributed by atoms with van der Waals surface area (Å²) in [5.74, 6) is 1.53. The maximum absolute atomic E-state index is 11.8. The number of fused-ring (bicyclic) bond motifs is 1. The predicted molar refractivity (Wildman–Crippen MR) is 147 cm³/mol. The van der Waals surface area contributed by atoms with Gasteiger partial charge in [0.15, 0.2) is 5.82 Å². The van der Waals surface area contributed by atoms with Crippen LogP contribution < -0.4 is 9.64 Å². The molecule has 186 valence electrons. The number of nitrogens with zero attached hydrogens (tertiary/aromatic N) is 5. The molecule has 37 heavy (non-hydrogen) atoms. The SMILES string of the molecule is CC(=O)N(C)c1ncc(Cl)c(COc2cccc3c(-n4ccnc4-c4ccccc4)cc(C)nc23)c1Cl. The van der Waals surface area contributed by atoms with Crippen LogP contribution in [-0.2, 0) is 11.4 Å². The minimum absolute atomic E-state index is 0.0728. The molecule has 3 aromatic heterocycles. The van der Waals surface area contributed by atoms with Crippen molar-refractivity contribution in [1.29, 1.82) is 0 Å². The molecule has 0 N–H and O–H groups in total. The minimum Gasteiger partial charge on any atom is -0.487 e. The van der Waals surface area contributed by atoms with E-state index in [-0.39, 0.29) is 17.5 Å². The molecule has 0 bridgehead atoms. The number of ether oxygens (including phenoxy) is 1. The van der Waals surface area contributed by atoms with Gasteiger partial charge in [0.2, 0.25) is 5.91 Å². The Kier molecular flexibility index (Phi) is 6.82. The van der Waals surface area contributed by atoms with Gasteiger partial charge in [0.1, 0.15) is 23.7 Å². The summed E-state index contributed by atoms with van der Waals surface area (Å²) < 4.78 is 8.27. The largest absolute Gasteiger partial charge is 0.487 e. The lowest BCUT2D eigenvalue weighted by Gasteiger charge is -2.19. The first-order valence-corrected chi connectivity index (χ1v) is 12.3. The normalized spacial score (nSPS) is 11.1. The Bertz CT molecular complexity index is 1620. The second-order valence-corrected chi connectivity index (χ2v) is 9.30. The number of imidazole rings is 1. The summed E-state index contributed by atoms with van der Waals surface area (Å²) in [4.78, 5) is 26.8. The molecule has 0 unspecified atom stereocenters. The topological polar surface area (TPSA) is 73.1 Å². The zero-order valence-corrected chi connectivity index (χ0v) is 22.0. The van der Waals surface area contributed by atoms with E-state index in [1.165, 1.54) is 18.0 Å². The summed E-state index contributed by atoms with van der Waals surface area (Å²) in [6.45, 7) is 3.45. The Morgan fingerprint density at radius 2 is 1.86 bits per heavy atom. The van der Waals surface area contributed by atoms with Crippen molar-refractivity contribution in [3.63, 3.8) is 0 Å². The van der Waals surface area contributed by atoms with E-state index < -0.39 is 0 Å². The number of para-hydroxylation sites is 1. The monoisotopic (exact) mass is 531 g/mol. The van der Waals surface area contributed by atoms with Crippen molar-refractivity contribution in [3.05, 3.63) is 94.5 Å². The van der Waals surface area contributed by atoms with E-state index in [9.17, 15) is 4.79 Å². The van der Waals surface area contributed by atoms with Crippen molar-refractivity contribution >= 4 is 45.8 Å². The van der Waals surface area contributed by atoms with E-state index in [2.05, 4.69) is 14.5 Å². The molecule has 9 heteroatoms. The van der Waals surface area contributed by atoms with Gasteiger partial charge in [-0.05, 0) is 19.1 Å². The summed E-state index contributed by atoms with van der Waals surface area (Å²) in [6, 6.07) is 17.8. The lowest BCUT2D eigenvalue weighted by atomic mass is 10.1. The van der Waals surface area contributed by atoms with Crippen molar-refractivity contribution < 1.29 is 9.53 Å². The molecule has 0 aliphatic carbocycles. The number of carbonyl (C=O) groups excluding carboxylic acids is 1. The van der Waals surface area contributed by atoms with Crippen LogP contribution in [-0.4, -0.2) is 32.5 Å². The first-order chi connectivity index (χ1) is 17.8. The van der Waals surface area contributed by atoms with E-state index in [1.54, 1.807) is 13.2 Å². The van der Waals surface area contributed by atoms with Crippen molar-refractivity contribution in [2.24, 2.45) is 0 Å². The molecule has 2 aromatic carbocycles. The molecule has 0 fully saturated rings. The molecule has 1 amide bonds. The molecule has 0 atom stereocenters. The number of carbonyl (C=O) groups is 1. The van der Waals surface area contributed by atoms with Crippen LogP contribution in [0.5, 0.6) is 5.75 Å². The molecule has 5 aromatic rings. The zero-order valence-electron chi connectivity index (χ0n) is 20.4. The second-order valence-electron chi connectivity index (χ2n) is 8.51. The fourth-order valence-corrected chi connectivity index (χ4v) is 4.68. The number of amides is 1. The summed E-state index contributed by atoms with van der Waals surface area (Å²) in [7, 11) is 1.60. The number of halogens is 2. The van der Waals surface area contributed by atoms with Gasteiger partial charge in [-0.1, -0.05) is 65.7 Å². The Hall–Kier alpha value is -3.94. The van der Waals surface area contributed by atoms with Gasteiger partial charge in [-0.3, -0.25) is 14.3 Å². The standard InChI is InChI=1S/C28H23Cl2N5O2/c1-17-14-23(35-13-12-31-27(35)19-8-5-4-6-9-19)20-10-7-11-24(26(20)33-17)37-16-21-22(29)15-32-28(25(21)30)34(3)18(2)36/h4-15H,16H2,1-3H3. The summed E-state index contributed by atoms with van der Waals surface area (Å²) in [5, 5.41) is 1.52. The van der Waals surface area contributed by atoms with Crippen LogP contribution in [0.25, 0.3) is 28.0 Å². The quantitative estimate of drug-likeness (QED) is 0.245. The fourth-order valence-electron chi connectivity index (χ4n) is 4.10. The third kappa shape index (κ3) is 4.75. The molecule has 0 spiro atoms. The first-order valence-electron chi connectivity index (χ1n) is 11.5. The minimum atomic E-state index is -0.195. The van der Waals surface area contributed by atoms with E-state index in [0.717, 1.165) is 28.2 Å². The maximum Gasteiger partial charge on any atom is 0.224 e. The average Bonchev–Trinajstić information content (AvgIpc) is 3.38. The Morgan fingerprint density at radius 1 is 1.08 bits per heavy atom. The van der Waals surface area contributed by atoms with E-state index in [0.29, 0.717) is 27.7 Å². The van der Waals surface area contributed by atoms with Crippen molar-refractivity contribution in [2.45, 2.75) is 20.5 Å². The molecular formula is C28H23Cl2N5O2. The zero-order chi connectivity index (χ0) is 26.1. The smallest absolute Gasteiger partial charge is 0.224 e. The lowest BCUT2D eigenvalue weighted by Crippen LogP contribution is -2.24. The molecule has 0 saturated carbocycles. The summed E-state index contributed by atoms with van der Waals surface area (Å²) in [6.07, 6.45) is 5.19. The molecule has 0 radical (unpaired) electrons. The number of benzene rings is 2. The van der Waals surface area contributed by atoms with Crippen LogP contribution in [0.3, 0.4) is 0 Å². The molecule has 7 nitrogen and oxygen atoms in total. The van der Waals surface area contributed by atoms with Gasteiger partial charge >= 0.3 is 0 Å². The highest BCUT2D eigenvalue weighted by Gasteiger charge is 2.19. The second kappa shape index (κ2) is 10.2. The van der Waals surface area contributed by atoms with Gasteiger partial charge in [-0.15, -0.1) is 0 Å². The number of pyridine rings is 2. The summed E-state index contributed by atoms with van der Waals surface area (Å²) in [5.41, 5.74) is 4.02. The van der Waals surface area contributed by atoms with E-state index in [1.807, 2.05) is 67.7 Å². The third-order valence-corrected chi connectivity index (χ3v) is 6.78. The van der Waals surface area contributed by atoms with Gasteiger partial charge in [0.25, 0.3) is 0 Å². The van der Waals surface area contributed by atoms with Gasteiger partial charge in [-0.25, -0.2) is 15.0 Å². The molecule has 5 rings (SSSR count). The van der Waals surface area contributed by atoms with Gasteiger partial charge in [-0.2, -0.15) is 0 Å². The highest BCUT2D eigenvalue weighted by atomic mass is 35.5. The number of rotatable bonds is 6. The lowest BCUT2D eigenvalue weighted by molar-refractivity contribution is -0.116. The van der Waals surface area contributed by atoms with Gasteiger partial charge < -0.3 is 4.74 Å². The predicted octanol–water partition coefficient (Wildman–Crippen LogP) is 6.66. The van der Waals surface area contributed by atoms with Gasteiger partial charge in [0.05, 0.1) is 15.7 Å². The molecular weight excluding hydrogens is 509 g/mol. The highest BCUT2D eigenvalue weighted by molar-refractivity contribution is 6.37. The third-order valence-electron chi connectivity index (χ3n) is 6.05. The van der Waals surface area contributed by atoms with E-state index in [4.69, 9.17) is 32.9 Å². The van der Waals surface area contributed by atoms with Crippen LogP contribution >= 0.6 is 23.2 Å². The Balaban J connectivity index is 1.55. The van der Waals surface area contributed by atoms with Crippen LogP contribution in [0, 0.1) is 6.92 Å². The van der Waals surface area contributed by atoms with E-state index >= 15 is 0 Å². The maximum atomic E-state index is 11.8. The average molecular weight is 532 g/mol. The molecule has 0 aliphatic rings. The summed E-state index contributed by atoms with van der Waals surface area (Å²) >= 11 is 13.0. The van der Waals surface area contributed by atoms with Crippen LogP contribution in [0.1, 0.15) is 18.2 Å². The number of hydrogen-bond donors (Lipinski definition) is 0. The highest BCUT2D eigenvalue weighted by Crippen LogP contribution is 2.35. The number of anilines is 1. The van der Waals surface area contributed by atoms with Gasteiger partial charge in [0, 0.05) is 54.8 Å². The first kappa shape index (κ1) is 24.7. The molecule has 0 aliphatic heterocycles. The van der Waals surface area contributed by atoms with Crippen molar-refractivity contribution in [1.82, 2.24) is 19.5 Å². The Labute approximate surface area is 224 Å². The Morgan fingerprint density at radius 3 is 2.62 bits per heavy atom. The number of hydrogen-bond acceptors (Lipinski definition) is 5. The van der Waals surface area contributed by atoms with Crippen LogP contribution in [0.4, 0.5) is 5.82 Å². The van der Waals surface area contributed by atoms with Crippen molar-refractivity contribution in [3.8, 4) is 22.8 Å². The van der Waals surface area contributed by atoms with Crippen LogP contribution in [0.15, 0.2) is 73.2 Å². The van der Waals surface area contributed by atoms with Crippen LogP contribution in [0.2, 0.25) is 10.0 Å². The van der Waals surface area contributed by atoms with Crippen molar-refractivity contribution in [2.75, 3.05) is 11.9 Å². The number of aromatic nitrogens is 4. The number of aryl methyl sites for hydroxylation is 1. The molecule has 3 heterocycles. The molecule has 0 saturated heterocycles. The fraction of sp³-hybridized carbons (Fsp3) is 0.143.